The Hall–Kier alpha value is -2.59. The van der Waals surface area contributed by atoms with Gasteiger partial charge >= 0.3 is 7.60 Å². The first kappa shape index (κ1) is 26.0. The molecule has 3 heterocycles. The highest BCUT2D eigenvalue weighted by Gasteiger charge is 2.23. The summed E-state index contributed by atoms with van der Waals surface area (Å²) in [4.78, 5) is 27.6. The predicted molar refractivity (Wildman–Crippen MR) is 148 cm³/mol. The van der Waals surface area contributed by atoms with Crippen molar-refractivity contribution >= 4 is 57.8 Å². The number of hydrogen-bond acceptors (Lipinski definition) is 7. The van der Waals surface area contributed by atoms with Crippen molar-refractivity contribution in [3.63, 3.8) is 0 Å². The number of pyridine rings is 1. The van der Waals surface area contributed by atoms with Crippen molar-refractivity contribution in [3.8, 4) is 17.0 Å². The number of fused-ring (bicyclic) bond motifs is 1. The van der Waals surface area contributed by atoms with Crippen LogP contribution in [0.4, 0.5) is 5.82 Å². The summed E-state index contributed by atoms with van der Waals surface area (Å²) in [7, 11) is -3.67. The molecular formula is C25H27BrN5O4PS. The second-order valence-corrected chi connectivity index (χ2v) is 12.6. The molecule has 5 rings (SSSR count). The van der Waals surface area contributed by atoms with Crippen molar-refractivity contribution in [2.75, 3.05) is 11.5 Å². The Morgan fingerprint density at radius 2 is 2.11 bits per heavy atom. The first-order chi connectivity index (χ1) is 17.8. The smallest absolute Gasteiger partial charge is 0.376 e. The minimum absolute atomic E-state index is 0.102. The highest BCUT2D eigenvalue weighted by Crippen LogP contribution is 2.43. The quantitative estimate of drug-likeness (QED) is 0.182. The molecule has 37 heavy (non-hydrogen) atoms. The fourth-order valence-electron chi connectivity index (χ4n) is 4.12. The van der Waals surface area contributed by atoms with E-state index in [0.717, 1.165) is 34.2 Å². The number of rotatable bonds is 11. The van der Waals surface area contributed by atoms with E-state index in [-0.39, 0.29) is 12.1 Å². The van der Waals surface area contributed by atoms with E-state index in [1.807, 2.05) is 17.7 Å². The number of halogens is 1. The van der Waals surface area contributed by atoms with Crippen molar-refractivity contribution in [1.82, 2.24) is 19.1 Å². The number of anilines is 1. The van der Waals surface area contributed by atoms with Crippen LogP contribution in [-0.2, 0) is 11.1 Å². The summed E-state index contributed by atoms with van der Waals surface area (Å²) < 4.78 is 24.0. The molecular weight excluding hydrogens is 577 g/mol. The molecule has 0 radical (unpaired) electrons. The van der Waals surface area contributed by atoms with Gasteiger partial charge in [0.05, 0.1) is 29.0 Å². The van der Waals surface area contributed by atoms with Crippen LogP contribution in [0.3, 0.4) is 0 Å². The van der Waals surface area contributed by atoms with Crippen LogP contribution in [0.5, 0.6) is 5.75 Å². The minimum Gasteiger partial charge on any atom is -0.424 e. The summed E-state index contributed by atoms with van der Waals surface area (Å²) in [5.74, 6) is 1.34. The number of carbonyl (C=O) groups is 1. The van der Waals surface area contributed by atoms with E-state index in [9.17, 15) is 14.3 Å². The van der Waals surface area contributed by atoms with Crippen molar-refractivity contribution < 1.29 is 18.8 Å². The number of nitrogens with zero attached hydrogens (tertiary/aromatic N) is 4. The normalized spacial score (nSPS) is 15.0. The largest absolute Gasteiger partial charge is 0.424 e. The van der Waals surface area contributed by atoms with Crippen LogP contribution in [0.2, 0.25) is 0 Å². The third kappa shape index (κ3) is 6.29. The van der Waals surface area contributed by atoms with Gasteiger partial charge in [-0.1, -0.05) is 19.8 Å². The maximum Gasteiger partial charge on any atom is 0.376 e. The predicted octanol–water partition coefficient (Wildman–Crippen LogP) is 6.73. The molecule has 1 unspecified atom stereocenters. The topological polar surface area (TPSA) is 119 Å². The van der Waals surface area contributed by atoms with Gasteiger partial charge in [0.15, 0.2) is 11.5 Å². The Bertz CT molecular complexity index is 1450. The molecule has 1 aliphatic rings. The molecule has 0 aliphatic heterocycles. The molecule has 1 saturated carbocycles. The summed E-state index contributed by atoms with van der Waals surface area (Å²) in [5.41, 5.74) is 2.67. The Morgan fingerprint density at radius 3 is 2.78 bits per heavy atom. The van der Waals surface area contributed by atoms with Crippen molar-refractivity contribution in [1.29, 1.82) is 0 Å². The van der Waals surface area contributed by atoms with Crippen LogP contribution in [-0.4, -0.2) is 36.1 Å². The molecule has 2 N–H and O–H groups in total. The van der Waals surface area contributed by atoms with E-state index in [4.69, 9.17) is 14.6 Å². The lowest BCUT2D eigenvalue weighted by atomic mass is 10.1. The van der Waals surface area contributed by atoms with Crippen LogP contribution in [0.25, 0.3) is 22.3 Å². The maximum atomic E-state index is 12.7. The Kier molecular flexibility index (Phi) is 7.76. The monoisotopic (exact) mass is 603 g/mol. The molecule has 1 atom stereocenters. The molecule has 1 amide bonds. The van der Waals surface area contributed by atoms with Gasteiger partial charge < -0.3 is 14.7 Å². The Labute approximate surface area is 227 Å². The van der Waals surface area contributed by atoms with E-state index in [1.54, 1.807) is 29.6 Å². The van der Waals surface area contributed by atoms with E-state index in [0.29, 0.717) is 41.4 Å². The van der Waals surface area contributed by atoms with E-state index >= 15 is 0 Å². The molecule has 0 saturated heterocycles. The first-order valence-electron chi connectivity index (χ1n) is 12.2. The average molecular weight is 604 g/mol. The van der Waals surface area contributed by atoms with Gasteiger partial charge in [0, 0.05) is 22.0 Å². The molecule has 1 aromatic carbocycles. The number of aryl methyl sites for hydroxylation is 1. The molecule has 9 nitrogen and oxygen atoms in total. The zero-order valence-electron chi connectivity index (χ0n) is 20.3. The molecule has 12 heteroatoms. The molecule has 1 fully saturated rings. The lowest BCUT2D eigenvalue weighted by molar-refractivity contribution is 0.102. The SMILES string of the molecule is CCCP(=O)(O)Oc1ccc(-c2nc3c(cc2Br)c(NC(=O)c2cnsc2)nn3CCCC2CC2)cc1. The summed E-state index contributed by atoms with van der Waals surface area (Å²) in [6, 6.07) is 8.86. The molecule has 0 bridgehead atoms. The van der Waals surface area contributed by atoms with Gasteiger partial charge in [0.25, 0.3) is 5.91 Å². The second kappa shape index (κ2) is 11.0. The standard InChI is InChI=1S/C25H27BrN5O4PS/c1-2-12-36(33,34)35-19-9-7-17(8-10-19)22-21(26)13-20-23(29-25(32)18-14-27-37-15-18)30-31(24(20)28-22)11-3-4-16-5-6-16/h7-10,13-16H,2-6,11-12H2,1H3,(H,33,34)(H,29,30,32). The summed E-state index contributed by atoms with van der Waals surface area (Å²) in [6.07, 6.45) is 6.94. The zero-order chi connectivity index (χ0) is 26.0. The van der Waals surface area contributed by atoms with E-state index in [2.05, 4.69) is 25.6 Å². The van der Waals surface area contributed by atoms with Gasteiger partial charge in [-0.2, -0.15) is 5.10 Å². The summed E-state index contributed by atoms with van der Waals surface area (Å²) >= 11 is 4.85. The lowest BCUT2D eigenvalue weighted by Crippen LogP contribution is -2.12. The molecule has 1 aliphatic carbocycles. The van der Waals surface area contributed by atoms with Gasteiger partial charge in [-0.05, 0) is 83.0 Å². The molecule has 3 aromatic heterocycles. The summed E-state index contributed by atoms with van der Waals surface area (Å²) in [5, 5.41) is 10.1. The minimum atomic E-state index is -3.67. The van der Waals surface area contributed by atoms with Gasteiger partial charge in [-0.15, -0.1) is 0 Å². The first-order valence-corrected chi connectivity index (χ1v) is 15.6. The van der Waals surface area contributed by atoms with Crippen LogP contribution in [0, 0.1) is 5.92 Å². The number of nitrogens with one attached hydrogen (secondary N) is 1. The fraction of sp³-hybridized carbons (Fsp3) is 0.360. The van der Waals surface area contributed by atoms with Crippen LogP contribution in [0.15, 0.2) is 46.4 Å². The van der Waals surface area contributed by atoms with Gasteiger partial charge in [0.2, 0.25) is 0 Å². The highest BCUT2D eigenvalue weighted by atomic mass is 79.9. The van der Waals surface area contributed by atoms with E-state index in [1.165, 1.54) is 30.6 Å². The number of amides is 1. The van der Waals surface area contributed by atoms with Crippen LogP contribution >= 0.6 is 35.1 Å². The van der Waals surface area contributed by atoms with Crippen LogP contribution in [0.1, 0.15) is 49.4 Å². The number of carbonyl (C=O) groups excluding carboxylic acids is 1. The zero-order valence-corrected chi connectivity index (χ0v) is 23.6. The average Bonchev–Trinajstić information content (AvgIpc) is 3.39. The van der Waals surface area contributed by atoms with Gasteiger partial charge in [-0.3, -0.25) is 4.79 Å². The maximum absolute atomic E-state index is 12.7. The van der Waals surface area contributed by atoms with Crippen molar-refractivity contribution in [2.45, 2.75) is 45.6 Å². The number of hydrogen-bond donors (Lipinski definition) is 2. The Morgan fingerprint density at radius 1 is 1.32 bits per heavy atom. The summed E-state index contributed by atoms with van der Waals surface area (Å²) in [6.45, 7) is 2.54. The molecule has 0 spiro atoms. The van der Waals surface area contributed by atoms with Gasteiger partial charge in [0.1, 0.15) is 5.75 Å². The fourth-order valence-corrected chi connectivity index (χ4v) is 6.29. The Balaban J connectivity index is 1.46. The van der Waals surface area contributed by atoms with Crippen LogP contribution < -0.4 is 9.84 Å². The lowest BCUT2D eigenvalue weighted by Gasteiger charge is -2.13. The third-order valence-corrected chi connectivity index (χ3v) is 8.86. The van der Waals surface area contributed by atoms with Crippen molar-refractivity contribution in [3.05, 3.63) is 51.9 Å². The number of aromatic nitrogens is 4. The second-order valence-electron chi connectivity index (χ2n) is 9.19. The highest BCUT2D eigenvalue weighted by molar-refractivity contribution is 9.10. The third-order valence-electron chi connectivity index (χ3n) is 6.16. The van der Waals surface area contributed by atoms with E-state index < -0.39 is 7.60 Å². The van der Waals surface area contributed by atoms with Gasteiger partial charge in [-0.25, -0.2) is 18.6 Å². The van der Waals surface area contributed by atoms with Crippen molar-refractivity contribution in [2.24, 2.45) is 5.92 Å². The molecule has 4 aromatic rings. The molecule has 194 valence electrons. The number of benzene rings is 1.